The van der Waals surface area contributed by atoms with Gasteiger partial charge in [0.25, 0.3) is 0 Å². The van der Waals surface area contributed by atoms with Crippen LogP contribution in [-0.2, 0) is 4.79 Å². The average molecular weight is 308 g/mol. The molecule has 1 heterocycles. The van der Waals surface area contributed by atoms with Crippen molar-refractivity contribution in [1.29, 1.82) is 0 Å². The van der Waals surface area contributed by atoms with E-state index in [9.17, 15) is 9.59 Å². The highest BCUT2D eigenvalue weighted by atomic mass is 32.2. The molecule has 0 radical (unpaired) electrons. The Morgan fingerprint density at radius 3 is 2.29 bits per heavy atom. The molecule has 5 heteroatoms. The lowest BCUT2D eigenvalue weighted by molar-refractivity contribution is -0.126. The first kappa shape index (κ1) is 13.9. The number of carbonyl (C=O) groups excluding carboxylic acids is 2. The summed E-state index contributed by atoms with van der Waals surface area (Å²) >= 11 is 1.88. The predicted octanol–water partition coefficient (Wildman–Crippen LogP) is 2.63. The van der Waals surface area contributed by atoms with Gasteiger partial charge >= 0.3 is 6.03 Å². The van der Waals surface area contributed by atoms with E-state index in [0.717, 1.165) is 17.8 Å². The summed E-state index contributed by atoms with van der Waals surface area (Å²) in [5, 5.41) is 2.63. The molecule has 116 valence electrons. The monoisotopic (exact) mass is 308 g/mol. The fraction of sp³-hybridized carbons (Fsp3) is 0.875. The Hall–Kier alpha value is -0.710. The SMILES string of the molecule is C[C@H](SC12CC3CC(CC(C3)C1)C2)C(=O)N1CCNC1=O. The highest BCUT2D eigenvalue weighted by Gasteiger charge is 2.52. The summed E-state index contributed by atoms with van der Waals surface area (Å²) in [6, 6.07) is -0.210. The van der Waals surface area contributed by atoms with Crippen LogP contribution in [0.5, 0.6) is 0 Å². The molecular weight excluding hydrogens is 284 g/mol. The van der Waals surface area contributed by atoms with Crippen molar-refractivity contribution < 1.29 is 9.59 Å². The van der Waals surface area contributed by atoms with Crippen molar-refractivity contribution in [3.05, 3.63) is 0 Å². The van der Waals surface area contributed by atoms with Crippen LogP contribution >= 0.6 is 11.8 Å². The Morgan fingerprint density at radius 2 is 1.81 bits per heavy atom. The molecule has 1 N–H and O–H groups in total. The molecule has 4 aliphatic carbocycles. The summed E-state index contributed by atoms with van der Waals surface area (Å²) in [5.41, 5.74) is 0. The van der Waals surface area contributed by atoms with Crippen molar-refractivity contribution in [2.45, 2.75) is 55.4 Å². The summed E-state index contributed by atoms with van der Waals surface area (Å²) < 4.78 is 0.333. The van der Waals surface area contributed by atoms with Crippen LogP contribution in [0.4, 0.5) is 4.79 Å². The molecule has 5 fully saturated rings. The molecule has 0 spiro atoms. The van der Waals surface area contributed by atoms with Crippen LogP contribution in [0.3, 0.4) is 0 Å². The number of hydrogen-bond acceptors (Lipinski definition) is 3. The Kier molecular flexibility index (Phi) is 3.25. The maximum atomic E-state index is 12.5. The zero-order valence-corrected chi connectivity index (χ0v) is 13.5. The molecule has 4 saturated carbocycles. The number of imide groups is 1. The topological polar surface area (TPSA) is 49.4 Å². The van der Waals surface area contributed by atoms with Crippen LogP contribution in [-0.4, -0.2) is 39.9 Å². The normalized spacial score (nSPS) is 42.2. The van der Waals surface area contributed by atoms with Crippen LogP contribution in [0.1, 0.15) is 45.4 Å². The van der Waals surface area contributed by atoms with Crippen molar-refractivity contribution in [2.24, 2.45) is 17.8 Å². The molecule has 5 aliphatic rings. The van der Waals surface area contributed by atoms with Crippen molar-refractivity contribution in [2.75, 3.05) is 13.1 Å². The van der Waals surface area contributed by atoms with Gasteiger partial charge in [0.15, 0.2) is 0 Å². The van der Waals surface area contributed by atoms with Gasteiger partial charge in [-0.3, -0.25) is 9.69 Å². The lowest BCUT2D eigenvalue weighted by Gasteiger charge is -2.57. The summed E-state index contributed by atoms with van der Waals surface area (Å²) in [6.07, 6.45) is 8.18. The van der Waals surface area contributed by atoms with E-state index in [0.29, 0.717) is 17.8 Å². The van der Waals surface area contributed by atoms with Crippen LogP contribution in [0.25, 0.3) is 0 Å². The lowest BCUT2D eigenvalue weighted by atomic mass is 9.56. The van der Waals surface area contributed by atoms with Gasteiger partial charge in [-0.1, -0.05) is 0 Å². The number of rotatable bonds is 3. The minimum atomic E-state index is -0.210. The zero-order valence-electron chi connectivity index (χ0n) is 12.6. The van der Waals surface area contributed by atoms with E-state index in [2.05, 4.69) is 5.32 Å². The third-order valence-electron chi connectivity index (χ3n) is 5.88. The molecule has 21 heavy (non-hydrogen) atoms. The van der Waals surface area contributed by atoms with Crippen molar-refractivity contribution in [1.82, 2.24) is 10.2 Å². The molecule has 3 amide bonds. The highest BCUT2D eigenvalue weighted by molar-refractivity contribution is 8.01. The number of nitrogens with one attached hydrogen (secondary N) is 1. The van der Waals surface area contributed by atoms with Crippen molar-refractivity contribution in [3.63, 3.8) is 0 Å². The third-order valence-corrected chi connectivity index (χ3v) is 7.43. The lowest BCUT2D eigenvalue weighted by Crippen LogP contribution is -2.50. The molecule has 0 aromatic carbocycles. The number of urea groups is 1. The second kappa shape index (κ2) is 4.90. The largest absolute Gasteiger partial charge is 0.336 e. The maximum Gasteiger partial charge on any atom is 0.324 e. The number of nitrogens with zero attached hydrogens (tertiary/aromatic N) is 1. The highest BCUT2D eigenvalue weighted by Crippen LogP contribution is 2.61. The summed E-state index contributed by atoms with van der Waals surface area (Å²) in [5.74, 6) is 2.72. The second-order valence-corrected chi connectivity index (χ2v) is 9.39. The standard InChI is InChI=1S/C16H24N2O2S/c1-10(14(19)18-3-2-17-15(18)20)21-16-7-11-4-12(8-16)6-13(5-11)9-16/h10-13H,2-9H2,1H3,(H,17,20)/t10-,11?,12?,13?,16?/m0/s1. The fourth-order valence-electron chi connectivity index (χ4n) is 5.50. The average Bonchev–Trinajstić information content (AvgIpc) is 2.81. The predicted molar refractivity (Wildman–Crippen MR) is 83.1 cm³/mol. The summed E-state index contributed by atoms with van der Waals surface area (Å²) in [4.78, 5) is 25.6. The molecule has 1 atom stereocenters. The van der Waals surface area contributed by atoms with Gasteiger partial charge in [0.2, 0.25) is 5.91 Å². The molecule has 0 aromatic heterocycles. The quantitative estimate of drug-likeness (QED) is 0.872. The maximum absolute atomic E-state index is 12.5. The number of carbonyl (C=O) groups is 2. The van der Waals surface area contributed by atoms with E-state index in [1.807, 2.05) is 18.7 Å². The van der Waals surface area contributed by atoms with Crippen LogP contribution in [0.2, 0.25) is 0 Å². The van der Waals surface area contributed by atoms with Crippen LogP contribution < -0.4 is 5.32 Å². The van der Waals surface area contributed by atoms with Crippen molar-refractivity contribution >= 4 is 23.7 Å². The van der Waals surface area contributed by atoms with Gasteiger partial charge in [-0.25, -0.2) is 4.79 Å². The van der Waals surface area contributed by atoms with E-state index in [1.54, 1.807) is 0 Å². The van der Waals surface area contributed by atoms with E-state index in [1.165, 1.54) is 43.4 Å². The molecule has 0 unspecified atom stereocenters. The van der Waals surface area contributed by atoms with Crippen LogP contribution in [0.15, 0.2) is 0 Å². The van der Waals surface area contributed by atoms with Gasteiger partial charge in [-0.15, -0.1) is 11.8 Å². The van der Waals surface area contributed by atoms with Crippen molar-refractivity contribution in [3.8, 4) is 0 Å². The van der Waals surface area contributed by atoms with E-state index in [-0.39, 0.29) is 17.2 Å². The van der Waals surface area contributed by atoms with Crippen LogP contribution in [0, 0.1) is 17.8 Å². The minimum Gasteiger partial charge on any atom is -0.336 e. The number of thioether (sulfide) groups is 1. The van der Waals surface area contributed by atoms with Gasteiger partial charge in [-0.2, -0.15) is 0 Å². The molecule has 5 rings (SSSR count). The van der Waals surface area contributed by atoms with Gasteiger partial charge in [0.1, 0.15) is 0 Å². The molecule has 4 bridgehead atoms. The fourth-order valence-corrected chi connectivity index (χ4v) is 7.48. The summed E-state index contributed by atoms with van der Waals surface area (Å²) in [7, 11) is 0. The van der Waals surface area contributed by atoms with Gasteiger partial charge in [0, 0.05) is 17.8 Å². The Morgan fingerprint density at radius 1 is 1.24 bits per heavy atom. The minimum absolute atomic E-state index is 0.00532. The molecular formula is C16H24N2O2S. The molecule has 4 nitrogen and oxygen atoms in total. The zero-order chi connectivity index (χ0) is 14.6. The first-order chi connectivity index (χ1) is 10.0. The van der Waals surface area contributed by atoms with E-state index >= 15 is 0 Å². The number of hydrogen-bond donors (Lipinski definition) is 1. The Labute approximate surface area is 130 Å². The smallest absolute Gasteiger partial charge is 0.324 e. The van der Waals surface area contributed by atoms with E-state index < -0.39 is 0 Å². The Bertz CT molecular complexity index is 444. The first-order valence-electron chi connectivity index (χ1n) is 8.32. The molecule has 0 aromatic rings. The number of amides is 3. The Balaban J connectivity index is 1.45. The van der Waals surface area contributed by atoms with Gasteiger partial charge in [0.05, 0.1) is 5.25 Å². The molecule has 1 aliphatic heterocycles. The molecule has 1 saturated heterocycles. The second-order valence-electron chi connectivity index (χ2n) is 7.58. The van der Waals surface area contributed by atoms with Gasteiger partial charge < -0.3 is 5.32 Å². The van der Waals surface area contributed by atoms with Gasteiger partial charge in [-0.05, 0) is 63.2 Å². The third kappa shape index (κ3) is 2.37. The first-order valence-corrected chi connectivity index (χ1v) is 9.20. The van der Waals surface area contributed by atoms with E-state index in [4.69, 9.17) is 0 Å². The summed E-state index contributed by atoms with van der Waals surface area (Å²) in [6.45, 7) is 3.12.